The van der Waals surface area contributed by atoms with Crippen LogP contribution in [0.4, 0.5) is 0 Å². The fourth-order valence-corrected chi connectivity index (χ4v) is 7.06. The summed E-state index contributed by atoms with van der Waals surface area (Å²) < 4.78 is 10.9. The summed E-state index contributed by atoms with van der Waals surface area (Å²) >= 11 is 0. The van der Waals surface area contributed by atoms with Crippen LogP contribution in [-0.2, 0) is 0 Å². The Hall–Kier alpha value is -6.53. The first-order valence-electron chi connectivity index (χ1n) is 15.6. The average molecular weight is 604 g/mol. The van der Waals surface area contributed by atoms with Crippen LogP contribution in [0.2, 0.25) is 0 Å². The molecule has 0 aliphatic carbocycles. The number of ether oxygens (including phenoxy) is 1. The molecule has 5 aromatic heterocycles. The number of nitrogens with zero attached hydrogens (tertiary/aromatic N) is 5. The number of benzene rings is 5. The van der Waals surface area contributed by atoms with Crippen molar-refractivity contribution in [3.63, 3.8) is 0 Å². The van der Waals surface area contributed by atoms with Crippen LogP contribution in [-0.4, -0.2) is 23.8 Å². The Balaban J connectivity index is 1.13. The summed E-state index contributed by atoms with van der Waals surface area (Å²) in [4.78, 5) is 14.5. The molecular formula is C41H25N5O. The molecule has 0 fully saturated rings. The molecular weight excluding hydrogens is 578 g/mol. The average Bonchev–Trinajstić information content (AvgIpc) is 3.81. The minimum absolute atomic E-state index is 0.734. The van der Waals surface area contributed by atoms with E-state index in [0.717, 1.165) is 72.1 Å². The minimum Gasteiger partial charge on any atom is -0.457 e. The van der Waals surface area contributed by atoms with Crippen molar-refractivity contribution >= 4 is 54.8 Å². The van der Waals surface area contributed by atoms with Gasteiger partial charge in [-0.1, -0.05) is 78.9 Å². The van der Waals surface area contributed by atoms with E-state index >= 15 is 0 Å². The van der Waals surface area contributed by atoms with Crippen LogP contribution >= 0.6 is 0 Å². The highest BCUT2D eigenvalue weighted by Gasteiger charge is 2.17. The van der Waals surface area contributed by atoms with E-state index in [9.17, 15) is 0 Å². The maximum atomic E-state index is 6.59. The third-order valence-electron chi connectivity index (χ3n) is 9.11. The summed E-state index contributed by atoms with van der Waals surface area (Å²) in [5, 5.41) is 6.48. The fraction of sp³-hybridized carbons (Fsp3) is 0. The normalized spacial score (nSPS) is 11.8. The van der Waals surface area contributed by atoms with Gasteiger partial charge in [0.15, 0.2) is 0 Å². The molecule has 0 amide bonds. The second kappa shape index (κ2) is 9.99. The zero-order chi connectivity index (χ0) is 30.9. The van der Waals surface area contributed by atoms with Gasteiger partial charge in [0, 0.05) is 51.3 Å². The third-order valence-corrected chi connectivity index (χ3v) is 9.11. The number of aromatic nitrogens is 5. The lowest BCUT2D eigenvalue weighted by Crippen LogP contribution is -1.96. The van der Waals surface area contributed by atoms with Crippen LogP contribution in [0, 0.1) is 0 Å². The van der Waals surface area contributed by atoms with E-state index in [1.807, 2.05) is 67.3 Å². The van der Waals surface area contributed by atoms with Gasteiger partial charge in [0.25, 0.3) is 0 Å². The maximum absolute atomic E-state index is 6.59. The van der Waals surface area contributed by atoms with Crippen molar-refractivity contribution in [2.24, 2.45) is 0 Å². The van der Waals surface area contributed by atoms with E-state index < -0.39 is 0 Å². The Bertz CT molecular complexity index is 2820. The van der Waals surface area contributed by atoms with Crippen molar-refractivity contribution in [3.05, 3.63) is 152 Å². The number of pyridine rings is 3. The zero-order valence-corrected chi connectivity index (χ0v) is 25.1. The second-order valence-corrected chi connectivity index (χ2v) is 11.7. The number of hydrogen-bond donors (Lipinski definition) is 0. The molecule has 0 spiro atoms. The highest BCUT2D eigenvalue weighted by Crippen LogP contribution is 2.39. The van der Waals surface area contributed by atoms with Crippen LogP contribution in [0.1, 0.15) is 0 Å². The number of rotatable bonds is 4. The molecule has 10 aromatic rings. The summed E-state index contributed by atoms with van der Waals surface area (Å²) in [7, 11) is 0. The van der Waals surface area contributed by atoms with Gasteiger partial charge in [-0.25, -0.2) is 15.0 Å². The Morgan fingerprint density at radius 1 is 0.468 bits per heavy atom. The molecule has 0 bridgehead atoms. The van der Waals surface area contributed by atoms with Gasteiger partial charge < -0.3 is 4.74 Å². The summed E-state index contributed by atoms with van der Waals surface area (Å²) in [5.74, 6) is 1.48. The van der Waals surface area contributed by atoms with E-state index in [-0.39, 0.29) is 0 Å². The molecule has 0 saturated carbocycles. The minimum atomic E-state index is 0.734. The van der Waals surface area contributed by atoms with E-state index in [4.69, 9.17) is 19.7 Å². The SMILES string of the molecule is c1ccc(-c2cccc3c4ccc(Oc5ccc6c7cccnc7n7c(-c8ccccc8)cnc7c6c5)cc4c4nccn4c23)cc1. The van der Waals surface area contributed by atoms with Crippen LogP contribution in [0.25, 0.3) is 77.2 Å². The van der Waals surface area contributed by atoms with E-state index in [1.54, 1.807) is 0 Å². The van der Waals surface area contributed by atoms with Gasteiger partial charge in [-0.15, -0.1) is 0 Å². The van der Waals surface area contributed by atoms with Crippen LogP contribution in [0.5, 0.6) is 11.5 Å². The molecule has 5 aromatic carbocycles. The van der Waals surface area contributed by atoms with Gasteiger partial charge in [0.05, 0.1) is 17.4 Å². The lowest BCUT2D eigenvalue weighted by molar-refractivity contribution is 0.484. The number of imidazole rings is 2. The summed E-state index contributed by atoms with van der Waals surface area (Å²) in [5.41, 5.74) is 8.19. The predicted molar refractivity (Wildman–Crippen MR) is 189 cm³/mol. The number of fused-ring (bicyclic) bond motifs is 12. The third kappa shape index (κ3) is 3.88. The molecule has 0 saturated heterocycles. The lowest BCUT2D eigenvalue weighted by Gasteiger charge is -2.14. The predicted octanol–water partition coefficient (Wildman–Crippen LogP) is 10.1. The first-order chi connectivity index (χ1) is 23.3. The Kier molecular flexibility index (Phi) is 5.48. The maximum Gasteiger partial charge on any atom is 0.146 e. The van der Waals surface area contributed by atoms with Crippen LogP contribution in [0.3, 0.4) is 0 Å². The molecule has 10 rings (SSSR count). The molecule has 0 aliphatic rings. The molecule has 220 valence electrons. The number of hydrogen-bond acceptors (Lipinski definition) is 4. The van der Waals surface area contributed by atoms with Crippen molar-refractivity contribution in [2.45, 2.75) is 0 Å². The molecule has 0 N–H and O–H groups in total. The van der Waals surface area contributed by atoms with Crippen molar-refractivity contribution in [1.29, 1.82) is 0 Å². The van der Waals surface area contributed by atoms with Crippen molar-refractivity contribution in [3.8, 4) is 33.9 Å². The fourth-order valence-electron chi connectivity index (χ4n) is 7.06. The highest BCUT2D eigenvalue weighted by atomic mass is 16.5. The summed E-state index contributed by atoms with van der Waals surface area (Å²) in [6.45, 7) is 0. The zero-order valence-electron chi connectivity index (χ0n) is 25.1. The second-order valence-electron chi connectivity index (χ2n) is 11.7. The van der Waals surface area contributed by atoms with Gasteiger partial charge in [-0.2, -0.15) is 0 Å². The van der Waals surface area contributed by atoms with Gasteiger partial charge in [0.1, 0.15) is 28.4 Å². The van der Waals surface area contributed by atoms with E-state index in [1.165, 1.54) is 16.5 Å². The van der Waals surface area contributed by atoms with Crippen molar-refractivity contribution in [2.75, 3.05) is 0 Å². The summed E-state index contributed by atoms with van der Waals surface area (Å²) in [6.07, 6.45) is 7.67. The smallest absolute Gasteiger partial charge is 0.146 e. The first-order valence-corrected chi connectivity index (χ1v) is 15.6. The van der Waals surface area contributed by atoms with Crippen LogP contribution in [0.15, 0.2) is 152 Å². The topological polar surface area (TPSA) is 56.7 Å². The van der Waals surface area contributed by atoms with E-state index in [2.05, 4.69) is 93.7 Å². The largest absolute Gasteiger partial charge is 0.457 e. The Morgan fingerprint density at radius 2 is 1.13 bits per heavy atom. The lowest BCUT2D eigenvalue weighted by atomic mass is 9.98. The standard InChI is InChI=1S/C41H25N5O/c1-3-9-26(10-4-1)30-13-7-14-33-31-18-16-28(23-35(31)39-43-21-22-45(39)38(30)33)47-29-17-19-32-34-15-8-20-42-40(34)46-37(27-11-5-2-6-12-27)25-44-41(46)36(32)24-29/h1-25H. The van der Waals surface area contributed by atoms with Gasteiger partial charge >= 0.3 is 0 Å². The highest BCUT2D eigenvalue weighted by molar-refractivity contribution is 6.15. The quantitative estimate of drug-likeness (QED) is 0.188. The molecule has 0 aliphatic heterocycles. The van der Waals surface area contributed by atoms with E-state index in [0.29, 0.717) is 0 Å². The van der Waals surface area contributed by atoms with Crippen molar-refractivity contribution in [1.82, 2.24) is 23.8 Å². The van der Waals surface area contributed by atoms with Gasteiger partial charge in [0.2, 0.25) is 0 Å². The van der Waals surface area contributed by atoms with Gasteiger partial charge in [-0.05, 0) is 64.9 Å². The van der Waals surface area contributed by atoms with Gasteiger partial charge in [-0.3, -0.25) is 8.80 Å². The molecule has 47 heavy (non-hydrogen) atoms. The Labute approximate surface area is 268 Å². The van der Waals surface area contributed by atoms with Crippen molar-refractivity contribution < 1.29 is 4.74 Å². The molecule has 0 radical (unpaired) electrons. The monoisotopic (exact) mass is 603 g/mol. The first kappa shape index (κ1) is 25.8. The Morgan fingerprint density at radius 3 is 1.91 bits per heavy atom. The van der Waals surface area contributed by atoms with Crippen LogP contribution < -0.4 is 4.74 Å². The molecule has 0 atom stereocenters. The molecule has 6 nitrogen and oxygen atoms in total. The molecule has 5 heterocycles. The molecule has 0 unspecified atom stereocenters. The molecule has 6 heteroatoms. The number of para-hydroxylation sites is 1. The summed E-state index contributed by atoms with van der Waals surface area (Å²) in [6, 6.07) is 43.9.